The molecule has 0 spiro atoms. The van der Waals surface area contributed by atoms with Gasteiger partial charge in [0.25, 0.3) is 0 Å². The van der Waals surface area contributed by atoms with Gasteiger partial charge in [0.1, 0.15) is 5.82 Å². The summed E-state index contributed by atoms with van der Waals surface area (Å²) in [6.45, 7) is 0.440. The fraction of sp³-hybridized carbons (Fsp3) is 0.167. The summed E-state index contributed by atoms with van der Waals surface area (Å²) in [6.07, 6.45) is 5.59. The van der Waals surface area contributed by atoms with Crippen molar-refractivity contribution >= 4 is 27.0 Å². The zero-order valence-electron chi connectivity index (χ0n) is 8.44. The van der Waals surface area contributed by atoms with E-state index in [1.807, 2.05) is 22.8 Å². The maximum atomic E-state index is 8.73. The Morgan fingerprint density at radius 1 is 1.50 bits per heavy atom. The summed E-state index contributed by atoms with van der Waals surface area (Å²) in [4.78, 5) is 4.40. The Balaban J connectivity index is 2.67. The minimum atomic E-state index is 0.272. The number of hydrogen-bond acceptors (Lipinski definition) is 2. The molecule has 0 bridgehead atoms. The first-order valence-corrected chi connectivity index (χ1v) is 5.50. The summed E-state index contributed by atoms with van der Waals surface area (Å²) in [5, 5.41) is 8.73. The molecule has 0 aliphatic rings. The Kier molecular flexibility index (Phi) is 2.94. The van der Waals surface area contributed by atoms with Crippen molar-refractivity contribution in [3.8, 4) is 18.4 Å². The van der Waals surface area contributed by atoms with Crippen LogP contribution in [0.2, 0.25) is 0 Å². The number of fused-ring (bicyclic) bond motifs is 1. The zero-order chi connectivity index (χ0) is 11.5. The van der Waals surface area contributed by atoms with Crippen molar-refractivity contribution in [2.24, 2.45) is 0 Å². The van der Waals surface area contributed by atoms with Crippen molar-refractivity contribution in [1.29, 1.82) is 5.26 Å². The molecule has 3 nitrogen and oxygen atoms in total. The summed E-state index contributed by atoms with van der Waals surface area (Å²) in [7, 11) is 0. The van der Waals surface area contributed by atoms with Gasteiger partial charge in [-0.25, -0.2) is 4.98 Å². The molecule has 2 rings (SSSR count). The molecule has 1 aromatic heterocycles. The Hall–Kier alpha value is -1.78. The lowest BCUT2D eigenvalue weighted by molar-refractivity contribution is 0.803. The summed E-state index contributed by atoms with van der Waals surface area (Å²) in [5.74, 6) is 3.29. The van der Waals surface area contributed by atoms with Crippen molar-refractivity contribution in [3.63, 3.8) is 0 Å². The Bertz CT molecular complexity index is 613. The van der Waals surface area contributed by atoms with Crippen molar-refractivity contribution in [1.82, 2.24) is 9.55 Å². The van der Waals surface area contributed by atoms with E-state index < -0.39 is 0 Å². The molecule has 0 aliphatic carbocycles. The molecule has 0 saturated heterocycles. The second-order valence-electron chi connectivity index (χ2n) is 3.29. The van der Waals surface area contributed by atoms with Crippen LogP contribution in [0.1, 0.15) is 5.82 Å². The van der Waals surface area contributed by atoms with Gasteiger partial charge in [0, 0.05) is 4.47 Å². The van der Waals surface area contributed by atoms with Crippen molar-refractivity contribution < 1.29 is 0 Å². The highest BCUT2D eigenvalue weighted by atomic mass is 79.9. The highest BCUT2D eigenvalue weighted by Gasteiger charge is 2.09. The minimum absolute atomic E-state index is 0.272. The standard InChI is InChI=1S/C12H8BrN3/c1-2-7-16-11-4-3-9(13)8-10(11)15-12(16)5-6-14/h1,3-4,8H,5,7H2. The molecule has 0 atom stereocenters. The topological polar surface area (TPSA) is 41.6 Å². The Morgan fingerprint density at radius 3 is 3.00 bits per heavy atom. The van der Waals surface area contributed by atoms with Gasteiger partial charge in [0.2, 0.25) is 0 Å². The molecule has 0 aliphatic heterocycles. The third-order valence-electron chi connectivity index (χ3n) is 2.28. The lowest BCUT2D eigenvalue weighted by Crippen LogP contribution is -2.01. The molecule has 4 heteroatoms. The van der Waals surface area contributed by atoms with Gasteiger partial charge in [0.05, 0.1) is 30.1 Å². The van der Waals surface area contributed by atoms with E-state index in [4.69, 9.17) is 11.7 Å². The first-order valence-electron chi connectivity index (χ1n) is 4.71. The SMILES string of the molecule is C#CCn1c(CC#N)nc2cc(Br)ccc21. The molecule has 2 aromatic rings. The third kappa shape index (κ3) is 1.80. The van der Waals surface area contributed by atoms with E-state index in [-0.39, 0.29) is 6.42 Å². The van der Waals surface area contributed by atoms with Crippen LogP contribution in [-0.4, -0.2) is 9.55 Å². The molecular weight excluding hydrogens is 266 g/mol. The highest BCUT2D eigenvalue weighted by molar-refractivity contribution is 9.10. The molecule has 78 valence electrons. The number of aromatic nitrogens is 2. The van der Waals surface area contributed by atoms with Crippen LogP contribution in [0.3, 0.4) is 0 Å². The van der Waals surface area contributed by atoms with E-state index in [0.29, 0.717) is 12.4 Å². The van der Waals surface area contributed by atoms with Gasteiger partial charge in [-0.3, -0.25) is 0 Å². The summed E-state index contributed by atoms with van der Waals surface area (Å²) in [5.41, 5.74) is 1.82. The summed E-state index contributed by atoms with van der Waals surface area (Å²) < 4.78 is 2.86. The normalized spacial score (nSPS) is 9.94. The first-order chi connectivity index (χ1) is 7.76. The molecule has 0 fully saturated rings. The molecule has 1 heterocycles. The van der Waals surface area contributed by atoms with Crippen LogP contribution in [0.4, 0.5) is 0 Å². The first kappa shape index (κ1) is 10.7. The van der Waals surface area contributed by atoms with Crippen molar-refractivity contribution in [2.75, 3.05) is 0 Å². The predicted molar refractivity (Wildman–Crippen MR) is 65.6 cm³/mol. The van der Waals surface area contributed by atoms with Crippen LogP contribution in [0, 0.1) is 23.7 Å². The smallest absolute Gasteiger partial charge is 0.124 e. The Morgan fingerprint density at radius 2 is 2.31 bits per heavy atom. The van der Waals surface area contributed by atoms with E-state index >= 15 is 0 Å². The third-order valence-corrected chi connectivity index (χ3v) is 2.77. The van der Waals surface area contributed by atoms with Crippen molar-refractivity contribution in [2.45, 2.75) is 13.0 Å². The second kappa shape index (κ2) is 4.38. The zero-order valence-corrected chi connectivity index (χ0v) is 10.0. The number of terminal acetylenes is 1. The highest BCUT2D eigenvalue weighted by Crippen LogP contribution is 2.21. The predicted octanol–water partition coefficient (Wildman–Crippen LogP) is 2.50. The molecule has 0 radical (unpaired) electrons. The molecular formula is C12H8BrN3. The summed E-state index contributed by atoms with van der Waals surface area (Å²) in [6, 6.07) is 7.90. The molecule has 0 N–H and O–H groups in total. The van der Waals surface area contributed by atoms with Gasteiger partial charge in [0.15, 0.2) is 0 Å². The van der Waals surface area contributed by atoms with Crippen LogP contribution in [0.25, 0.3) is 11.0 Å². The number of nitrogens with zero attached hydrogens (tertiary/aromatic N) is 3. The van der Waals surface area contributed by atoms with Gasteiger partial charge < -0.3 is 4.57 Å². The van der Waals surface area contributed by atoms with Gasteiger partial charge in [-0.1, -0.05) is 21.9 Å². The van der Waals surface area contributed by atoms with E-state index in [0.717, 1.165) is 15.5 Å². The van der Waals surface area contributed by atoms with E-state index in [9.17, 15) is 0 Å². The van der Waals surface area contributed by atoms with Crippen LogP contribution in [-0.2, 0) is 13.0 Å². The largest absolute Gasteiger partial charge is 0.315 e. The van der Waals surface area contributed by atoms with Crippen molar-refractivity contribution in [3.05, 3.63) is 28.5 Å². The maximum Gasteiger partial charge on any atom is 0.124 e. The van der Waals surface area contributed by atoms with Crippen LogP contribution in [0.5, 0.6) is 0 Å². The molecule has 16 heavy (non-hydrogen) atoms. The molecule has 0 amide bonds. The lowest BCUT2D eigenvalue weighted by Gasteiger charge is -2.01. The monoisotopic (exact) mass is 273 g/mol. The second-order valence-corrected chi connectivity index (χ2v) is 4.20. The fourth-order valence-electron chi connectivity index (χ4n) is 1.63. The lowest BCUT2D eigenvalue weighted by atomic mass is 10.3. The van der Waals surface area contributed by atoms with E-state index in [2.05, 4.69) is 32.9 Å². The quantitative estimate of drug-likeness (QED) is 0.789. The Labute approximate surface area is 102 Å². The molecule has 0 saturated carbocycles. The number of nitriles is 1. The number of imidazole rings is 1. The van der Waals surface area contributed by atoms with Crippen LogP contribution < -0.4 is 0 Å². The average Bonchev–Trinajstić information content (AvgIpc) is 2.57. The van der Waals surface area contributed by atoms with Crippen LogP contribution >= 0.6 is 15.9 Å². The average molecular weight is 274 g/mol. The van der Waals surface area contributed by atoms with Gasteiger partial charge in [-0.2, -0.15) is 5.26 Å². The fourth-order valence-corrected chi connectivity index (χ4v) is 1.98. The maximum absolute atomic E-state index is 8.73. The molecule has 0 unspecified atom stereocenters. The van der Waals surface area contributed by atoms with Crippen LogP contribution in [0.15, 0.2) is 22.7 Å². The number of hydrogen-bond donors (Lipinski definition) is 0. The summed E-state index contributed by atoms with van der Waals surface area (Å²) >= 11 is 3.39. The number of rotatable bonds is 2. The van der Waals surface area contributed by atoms with Gasteiger partial charge in [-0.15, -0.1) is 6.42 Å². The molecule has 1 aromatic carbocycles. The van der Waals surface area contributed by atoms with Gasteiger partial charge in [-0.05, 0) is 18.2 Å². The van der Waals surface area contributed by atoms with E-state index in [1.165, 1.54) is 0 Å². The van der Waals surface area contributed by atoms with E-state index in [1.54, 1.807) is 0 Å². The minimum Gasteiger partial charge on any atom is -0.315 e. The number of benzene rings is 1. The van der Waals surface area contributed by atoms with Gasteiger partial charge >= 0.3 is 0 Å². The number of halogens is 1.